The third-order valence-electron chi connectivity index (χ3n) is 0.597. The molecule has 1 atom stereocenters. The minimum Gasteiger partial charge on any atom is -0.141 e. The fraction of sp³-hybridized carbons (Fsp3) is 0.600. The summed E-state index contributed by atoms with van der Waals surface area (Å²) in [4.78, 5) is 0. The second-order valence-electron chi connectivity index (χ2n) is 1.51. The lowest BCUT2D eigenvalue weighted by molar-refractivity contribution is 0.357. The highest BCUT2D eigenvalue weighted by molar-refractivity contribution is 7.44. The molecular weight excluding hydrogens is 158 g/mol. The van der Waals surface area contributed by atoms with Gasteiger partial charge in [-0.2, -0.15) is 0 Å². The van der Waals surface area contributed by atoms with E-state index in [0.29, 0.717) is 17.8 Å². The van der Waals surface area contributed by atoms with Gasteiger partial charge < -0.3 is 0 Å². The molecule has 0 aromatic rings. The van der Waals surface area contributed by atoms with Gasteiger partial charge in [0.05, 0.1) is 5.88 Å². The van der Waals surface area contributed by atoms with Crippen molar-refractivity contribution in [1.29, 1.82) is 0 Å². The molecule has 0 aliphatic rings. The van der Waals surface area contributed by atoms with E-state index in [1.165, 1.54) is 0 Å². The Bertz CT molecular complexity index is 124. The van der Waals surface area contributed by atoms with E-state index in [1.807, 2.05) is 0 Å². The Labute approximate surface area is 60.7 Å². The molecule has 4 heteroatoms. The summed E-state index contributed by atoms with van der Waals surface area (Å²) in [6.45, 7) is 5.44. The molecule has 0 saturated carbocycles. The van der Waals surface area contributed by atoms with Crippen molar-refractivity contribution < 1.29 is 9.09 Å². The lowest BCUT2D eigenvalue weighted by Gasteiger charge is -1.82. The van der Waals surface area contributed by atoms with E-state index in [2.05, 4.69) is 6.58 Å². The molecule has 0 rings (SSSR count). The topological polar surface area (TPSA) is 26.3 Å². The summed E-state index contributed by atoms with van der Waals surface area (Å²) in [5.74, 6) is 0.369. The molecule has 0 amide bonds. The summed E-state index contributed by atoms with van der Waals surface area (Å²) in [5.41, 5.74) is 0. The molecule has 52 valence electrons. The molecule has 0 fully saturated rings. The van der Waals surface area contributed by atoms with Crippen LogP contribution in [0.3, 0.4) is 0 Å². The average Bonchev–Trinajstić information content (AvgIpc) is 1.82. The average molecular weight is 168 g/mol. The highest BCUT2D eigenvalue weighted by atomic mass is 35.5. The van der Waals surface area contributed by atoms with E-state index in [1.54, 1.807) is 6.92 Å². The van der Waals surface area contributed by atoms with Crippen LogP contribution >= 0.6 is 19.6 Å². The monoisotopic (exact) mass is 167 g/mol. The van der Waals surface area contributed by atoms with Gasteiger partial charge in [-0.3, -0.25) is 0 Å². The Morgan fingerprint density at radius 1 is 1.89 bits per heavy atom. The normalized spacial score (nSPS) is 11.1. The van der Waals surface area contributed by atoms with Crippen LogP contribution in [-0.4, -0.2) is 12.5 Å². The molecule has 9 heavy (non-hydrogen) atoms. The van der Waals surface area contributed by atoms with Crippen LogP contribution in [0.4, 0.5) is 0 Å². The first kappa shape index (κ1) is 9.09. The van der Waals surface area contributed by atoms with Crippen LogP contribution < -0.4 is 0 Å². The van der Waals surface area contributed by atoms with Gasteiger partial charge in [0.25, 0.3) is 0 Å². The zero-order valence-electron chi connectivity index (χ0n) is 5.26. The number of halogens is 1. The molecule has 0 saturated heterocycles. The van der Waals surface area contributed by atoms with Crippen molar-refractivity contribution in [1.82, 2.24) is 0 Å². The number of rotatable bonds is 4. The molecule has 0 aromatic carbocycles. The van der Waals surface area contributed by atoms with E-state index in [9.17, 15) is 4.57 Å². The largest absolute Gasteiger partial charge is 0.543 e. The zero-order valence-corrected chi connectivity index (χ0v) is 6.91. The van der Waals surface area contributed by atoms with Gasteiger partial charge in [-0.05, 0) is 11.1 Å². The van der Waals surface area contributed by atoms with Crippen molar-refractivity contribution in [2.75, 3.05) is 12.5 Å². The maximum Gasteiger partial charge on any atom is 0.543 e. The zero-order chi connectivity index (χ0) is 7.28. The first-order valence-electron chi connectivity index (χ1n) is 2.50. The van der Waals surface area contributed by atoms with Gasteiger partial charge in [-0.1, -0.05) is 0 Å². The molecule has 0 radical (unpaired) electrons. The maximum absolute atomic E-state index is 10.7. The van der Waals surface area contributed by atoms with Crippen molar-refractivity contribution in [3.8, 4) is 0 Å². The van der Waals surface area contributed by atoms with E-state index in [4.69, 9.17) is 16.1 Å². The van der Waals surface area contributed by atoms with Crippen LogP contribution in [0.15, 0.2) is 11.9 Å². The number of allylic oxidation sites excluding steroid dienone is 1. The van der Waals surface area contributed by atoms with Crippen LogP contribution in [0.25, 0.3) is 0 Å². The Morgan fingerprint density at radius 2 is 2.44 bits per heavy atom. The predicted octanol–water partition coefficient (Wildman–Crippen LogP) is 2.52. The molecule has 0 aliphatic heterocycles. The van der Waals surface area contributed by atoms with Gasteiger partial charge in [0.15, 0.2) is 5.31 Å². The maximum atomic E-state index is 10.7. The first-order valence-corrected chi connectivity index (χ1v) is 4.21. The lowest BCUT2D eigenvalue weighted by atomic mass is 10.8. The van der Waals surface area contributed by atoms with E-state index in [-0.39, 0.29) is 0 Å². The SMILES string of the molecule is C=C(C)[P+](=O)OCCCl. The van der Waals surface area contributed by atoms with Crippen molar-refractivity contribution >= 4 is 19.6 Å². The van der Waals surface area contributed by atoms with Gasteiger partial charge in [-0.25, -0.2) is 0 Å². The van der Waals surface area contributed by atoms with Crippen LogP contribution in [0.1, 0.15) is 6.92 Å². The number of alkyl halides is 1. The van der Waals surface area contributed by atoms with Crippen molar-refractivity contribution in [3.05, 3.63) is 11.9 Å². The summed E-state index contributed by atoms with van der Waals surface area (Å²) in [7, 11) is -1.67. The van der Waals surface area contributed by atoms with E-state index < -0.39 is 8.03 Å². The molecule has 0 heterocycles. The quantitative estimate of drug-likeness (QED) is 0.475. The second kappa shape index (κ2) is 4.92. The van der Waals surface area contributed by atoms with Gasteiger partial charge >= 0.3 is 8.03 Å². The van der Waals surface area contributed by atoms with Crippen molar-refractivity contribution in [3.63, 3.8) is 0 Å². The van der Waals surface area contributed by atoms with Crippen LogP contribution in [-0.2, 0) is 9.09 Å². The Hall–Kier alpha value is 0.0900. The van der Waals surface area contributed by atoms with Gasteiger partial charge in [-0.15, -0.1) is 16.1 Å². The summed E-state index contributed by atoms with van der Waals surface area (Å²) in [6.07, 6.45) is 0. The fourth-order valence-electron chi connectivity index (χ4n) is 0.228. The van der Waals surface area contributed by atoms with E-state index in [0.717, 1.165) is 0 Å². The summed E-state index contributed by atoms with van der Waals surface area (Å²) in [5, 5.41) is 0.551. The number of hydrogen-bond acceptors (Lipinski definition) is 2. The first-order chi connectivity index (χ1) is 4.18. The Balaban J connectivity index is 3.39. The van der Waals surface area contributed by atoms with Crippen LogP contribution in [0.5, 0.6) is 0 Å². The highest BCUT2D eigenvalue weighted by Gasteiger charge is 2.17. The molecular formula is C5H9ClO2P+. The van der Waals surface area contributed by atoms with E-state index >= 15 is 0 Å². The predicted molar refractivity (Wildman–Crippen MR) is 39.1 cm³/mol. The summed E-state index contributed by atoms with van der Waals surface area (Å²) >= 11 is 5.27. The van der Waals surface area contributed by atoms with Crippen molar-refractivity contribution in [2.24, 2.45) is 0 Å². The molecule has 0 aliphatic carbocycles. The molecule has 0 bridgehead atoms. The lowest BCUT2D eigenvalue weighted by Crippen LogP contribution is -1.85. The standard InChI is InChI=1S/C5H9ClO2P/c1-5(2)9(7)8-4-3-6/h1,3-4H2,2H3/q+1. The third-order valence-corrected chi connectivity index (χ3v) is 1.79. The minimum atomic E-state index is -1.67. The second-order valence-corrected chi connectivity index (χ2v) is 3.43. The molecule has 0 aromatic heterocycles. The Kier molecular flexibility index (Phi) is 4.97. The van der Waals surface area contributed by atoms with Gasteiger partial charge in [0.2, 0.25) is 0 Å². The molecule has 1 unspecified atom stereocenters. The smallest absolute Gasteiger partial charge is 0.141 e. The summed E-state index contributed by atoms with van der Waals surface area (Å²) in [6, 6.07) is 0. The molecule has 0 N–H and O–H groups in total. The molecule has 0 spiro atoms. The Morgan fingerprint density at radius 3 is 2.78 bits per heavy atom. The fourth-order valence-corrected chi connectivity index (χ4v) is 0.890. The highest BCUT2D eigenvalue weighted by Crippen LogP contribution is 2.30. The number of hydrogen-bond donors (Lipinski definition) is 0. The van der Waals surface area contributed by atoms with Crippen molar-refractivity contribution in [2.45, 2.75) is 6.92 Å². The third kappa shape index (κ3) is 4.58. The van der Waals surface area contributed by atoms with Gasteiger partial charge in [0.1, 0.15) is 6.61 Å². The van der Waals surface area contributed by atoms with Crippen LogP contribution in [0.2, 0.25) is 0 Å². The molecule has 2 nitrogen and oxygen atoms in total. The summed E-state index contributed by atoms with van der Waals surface area (Å²) < 4.78 is 15.4. The van der Waals surface area contributed by atoms with Crippen LogP contribution in [0, 0.1) is 0 Å². The minimum absolute atomic E-state index is 0.323. The van der Waals surface area contributed by atoms with Gasteiger partial charge in [0, 0.05) is 6.92 Å².